The molecule has 2 aromatic heterocycles. The van der Waals surface area contributed by atoms with Gasteiger partial charge in [0.25, 0.3) is 0 Å². The van der Waals surface area contributed by atoms with Gasteiger partial charge in [-0.1, -0.05) is 12.1 Å². The summed E-state index contributed by atoms with van der Waals surface area (Å²) >= 11 is 1.25. The van der Waals surface area contributed by atoms with E-state index >= 15 is 0 Å². The van der Waals surface area contributed by atoms with Crippen LogP contribution in [0.2, 0.25) is 0 Å². The molecule has 4 rings (SSSR count). The van der Waals surface area contributed by atoms with Crippen LogP contribution in [0.5, 0.6) is 5.75 Å². The van der Waals surface area contributed by atoms with Crippen molar-refractivity contribution in [1.82, 2.24) is 14.8 Å². The minimum atomic E-state index is -0.849. The quantitative estimate of drug-likeness (QED) is 0.349. The molecule has 180 valence electrons. The third kappa shape index (κ3) is 6.18. The highest BCUT2D eigenvalue weighted by molar-refractivity contribution is 7.09. The van der Waals surface area contributed by atoms with Crippen LogP contribution in [0.3, 0.4) is 0 Å². The van der Waals surface area contributed by atoms with Crippen molar-refractivity contribution >= 4 is 28.9 Å². The molecule has 0 fully saturated rings. The summed E-state index contributed by atoms with van der Waals surface area (Å²) in [6.45, 7) is -0.608. The lowest BCUT2D eigenvalue weighted by Gasteiger charge is -2.08. The molecule has 0 saturated heterocycles. The van der Waals surface area contributed by atoms with E-state index in [4.69, 9.17) is 13.9 Å². The molecule has 0 saturated carbocycles. The van der Waals surface area contributed by atoms with Crippen molar-refractivity contribution in [2.75, 3.05) is 12.4 Å². The van der Waals surface area contributed by atoms with Crippen LogP contribution in [0.25, 0.3) is 11.5 Å². The Morgan fingerprint density at radius 3 is 2.71 bits per heavy atom. The molecule has 0 bridgehead atoms. The third-order valence-electron chi connectivity index (χ3n) is 4.65. The highest BCUT2D eigenvalue weighted by Gasteiger charge is 2.16. The maximum absolute atomic E-state index is 13.1. The molecule has 2 aromatic carbocycles. The summed E-state index contributed by atoms with van der Waals surface area (Å²) < 4.78 is 29.3. The maximum atomic E-state index is 13.1. The number of nitrogens with zero attached hydrogens (tertiary/aromatic N) is 3. The summed E-state index contributed by atoms with van der Waals surface area (Å²) in [6, 6.07) is 12.3. The minimum Gasteiger partial charge on any atom is -0.495 e. The Kier molecular flexibility index (Phi) is 7.31. The zero-order chi connectivity index (χ0) is 24.8. The van der Waals surface area contributed by atoms with E-state index in [9.17, 15) is 18.8 Å². The van der Waals surface area contributed by atoms with Crippen molar-refractivity contribution < 1.29 is 27.9 Å². The van der Waals surface area contributed by atoms with Crippen LogP contribution in [0, 0.1) is 5.82 Å². The number of carbonyl (C=O) groups is 2. The van der Waals surface area contributed by atoms with Crippen LogP contribution in [0.4, 0.5) is 10.1 Å². The SMILES string of the molecule is COc1ccccc1NC(=O)Cc1nc(COC(=O)Cn2nc(-c3ccc(F)cc3)oc2=O)cs1. The lowest BCUT2D eigenvalue weighted by Crippen LogP contribution is -2.23. The van der Waals surface area contributed by atoms with Gasteiger partial charge in [-0.2, -0.15) is 4.68 Å². The number of rotatable bonds is 9. The number of ether oxygens (including phenoxy) is 2. The zero-order valence-corrected chi connectivity index (χ0v) is 19.2. The van der Waals surface area contributed by atoms with Gasteiger partial charge in [0, 0.05) is 10.9 Å². The number of thiazole rings is 1. The van der Waals surface area contributed by atoms with Crippen molar-refractivity contribution in [1.29, 1.82) is 0 Å². The Balaban J connectivity index is 1.29. The molecule has 35 heavy (non-hydrogen) atoms. The normalized spacial score (nSPS) is 10.7. The predicted octanol–water partition coefficient (Wildman–Crippen LogP) is 3.03. The van der Waals surface area contributed by atoms with E-state index in [2.05, 4.69) is 15.4 Å². The molecule has 12 heteroatoms. The number of nitrogens with one attached hydrogen (secondary N) is 1. The number of halogens is 1. The number of para-hydroxylation sites is 2. The molecule has 1 amide bonds. The van der Waals surface area contributed by atoms with Gasteiger partial charge in [-0.15, -0.1) is 16.4 Å². The summed E-state index contributed by atoms with van der Waals surface area (Å²) in [6.07, 6.45) is 0.0388. The van der Waals surface area contributed by atoms with Crippen molar-refractivity contribution in [3.05, 3.63) is 81.0 Å². The van der Waals surface area contributed by atoms with Gasteiger partial charge in [0.2, 0.25) is 11.8 Å². The summed E-state index contributed by atoms with van der Waals surface area (Å²) in [5.41, 5.74) is 1.40. The molecule has 4 aromatic rings. The Labute approximate surface area is 201 Å². The van der Waals surface area contributed by atoms with Gasteiger partial charge in [-0.25, -0.2) is 14.2 Å². The summed E-state index contributed by atoms with van der Waals surface area (Å²) in [7, 11) is 1.52. The van der Waals surface area contributed by atoms with Crippen LogP contribution < -0.4 is 15.8 Å². The van der Waals surface area contributed by atoms with Crippen LogP contribution in [-0.2, 0) is 33.9 Å². The average Bonchev–Trinajstić information content (AvgIpc) is 3.44. The molecular weight excluding hydrogens is 479 g/mol. The van der Waals surface area contributed by atoms with E-state index in [-0.39, 0.29) is 24.8 Å². The topological polar surface area (TPSA) is 126 Å². The Bertz CT molecular complexity index is 1400. The second-order valence-corrected chi connectivity index (χ2v) is 8.10. The molecule has 0 aliphatic heterocycles. The first kappa shape index (κ1) is 23.8. The van der Waals surface area contributed by atoms with Gasteiger partial charge >= 0.3 is 11.7 Å². The Morgan fingerprint density at radius 1 is 1.17 bits per heavy atom. The first-order chi connectivity index (χ1) is 16.9. The summed E-state index contributed by atoms with van der Waals surface area (Å²) in [5, 5.41) is 8.92. The number of hydrogen-bond acceptors (Lipinski definition) is 9. The number of carbonyl (C=O) groups excluding carboxylic acids is 2. The molecular formula is C23H19FN4O6S. The number of esters is 1. The Morgan fingerprint density at radius 2 is 1.94 bits per heavy atom. The number of aromatic nitrogens is 3. The lowest BCUT2D eigenvalue weighted by atomic mass is 10.2. The maximum Gasteiger partial charge on any atom is 0.437 e. The van der Waals surface area contributed by atoms with Gasteiger partial charge in [0.05, 0.1) is 24.9 Å². The van der Waals surface area contributed by atoms with Gasteiger partial charge in [-0.05, 0) is 36.4 Å². The van der Waals surface area contributed by atoms with E-state index in [1.54, 1.807) is 29.6 Å². The molecule has 0 atom stereocenters. The van der Waals surface area contributed by atoms with E-state index < -0.39 is 24.1 Å². The van der Waals surface area contributed by atoms with Crippen molar-refractivity contribution in [2.45, 2.75) is 19.6 Å². The summed E-state index contributed by atoms with van der Waals surface area (Å²) in [4.78, 5) is 40.8. The number of methoxy groups -OCH3 is 1. The molecule has 2 heterocycles. The van der Waals surface area contributed by atoms with Crippen molar-refractivity contribution in [2.24, 2.45) is 0 Å². The minimum absolute atomic E-state index is 0.0388. The third-order valence-corrected chi connectivity index (χ3v) is 5.55. The molecule has 1 N–H and O–H groups in total. The van der Waals surface area contributed by atoms with Gasteiger partial charge in [-0.3, -0.25) is 9.59 Å². The second kappa shape index (κ2) is 10.7. The molecule has 0 aliphatic rings. The van der Waals surface area contributed by atoms with Crippen LogP contribution in [0.1, 0.15) is 10.7 Å². The van der Waals surface area contributed by atoms with Crippen molar-refractivity contribution in [3.8, 4) is 17.2 Å². The smallest absolute Gasteiger partial charge is 0.437 e. The molecule has 0 unspecified atom stereocenters. The highest BCUT2D eigenvalue weighted by atomic mass is 32.1. The van der Waals surface area contributed by atoms with E-state index in [1.165, 1.54) is 42.7 Å². The fourth-order valence-electron chi connectivity index (χ4n) is 3.01. The average molecular weight is 498 g/mol. The van der Waals surface area contributed by atoms with Gasteiger partial charge < -0.3 is 19.2 Å². The van der Waals surface area contributed by atoms with E-state index in [0.717, 1.165) is 4.68 Å². The van der Waals surface area contributed by atoms with Crippen molar-refractivity contribution in [3.63, 3.8) is 0 Å². The van der Waals surface area contributed by atoms with Crippen LogP contribution in [-0.4, -0.2) is 33.8 Å². The first-order valence-corrected chi connectivity index (χ1v) is 11.1. The largest absolute Gasteiger partial charge is 0.495 e. The fraction of sp³-hybridized carbons (Fsp3) is 0.174. The molecule has 10 nitrogen and oxygen atoms in total. The monoisotopic (exact) mass is 498 g/mol. The van der Waals surface area contributed by atoms with Gasteiger partial charge in [0.15, 0.2) is 0 Å². The lowest BCUT2D eigenvalue weighted by molar-refractivity contribution is -0.146. The highest BCUT2D eigenvalue weighted by Crippen LogP contribution is 2.23. The van der Waals surface area contributed by atoms with E-state index in [0.29, 0.717) is 27.7 Å². The fourth-order valence-corrected chi connectivity index (χ4v) is 3.79. The van der Waals surface area contributed by atoms with E-state index in [1.807, 2.05) is 0 Å². The second-order valence-electron chi connectivity index (χ2n) is 7.16. The van der Waals surface area contributed by atoms with Crippen LogP contribution in [0.15, 0.2) is 63.1 Å². The number of amides is 1. The zero-order valence-electron chi connectivity index (χ0n) is 18.4. The predicted molar refractivity (Wildman–Crippen MR) is 123 cm³/mol. The number of hydrogen-bond donors (Lipinski definition) is 1. The molecule has 0 aliphatic carbocycles. The summed E-state index contributed by atoms with van der Waals surface area (Å²) in [5.74, 6) is -1.79. The first-order valence-electron chi connectivity index (χ1n) is 10.3. The number of benzene rings is 2. The Hall–Kier alpha value is -4.32. The standard InChI is InChI=1S/C23H19FN4O6S/c1-32-18-5-3-2-4-17(18)26-19(29)10-20-25-16(13-35-20)12-33-21(30)11-28-23(31)34-22(27-28)14-6-8-15(24)9-7-14/h2-9,13H,10-12H2,1H3,(H,26,29). The van der Waals surface area contributed by atoms with Gasteiger partial charge in [0.1, 0.15) is 29.7 Å². The number of anilines is 1. The van der Waals surface area contributed by atoms with Crippen LogP contribution >= 0.6 is 11.3 Å². The molecule has 0 spiro atoms. The molecule has 0 radical (unpaired) electrons.